The molecule has 8 heteroatoms. The van der Waals surface area contributed by atoms with Crippen molar-refractivity contribution in [2.75, 3.05) is 35.9 Å². The predicted molar refractivity (Wildman–Crippen MR) is 112 cm³/mol. The van der Waals surface area contributed by atoms with Crippen LogP contribution in [-0.4, -0.2) is 46.8 Å². The zero-order valence-corrected chi connectivity index (χ0v) is 17.7. The Labute approximate surface area is 171 Å². The molecule has 7 nitrogen and oxygen atoms in total. The Morgan fingerprint density at radius 1 is 1.10 bits per heavy atom. The topological polar surface area (TPSA) is 84.9 Å². The molecule has 1 fully saturated rings. The van der Waals surface area contributed by atoms with E-state index in [1.165, 1.54) is 6.07 Å². The Bertz CT molecular complexity index is 965. The lowest BCUT2D eigenvalue weighted by atomic mass is 10.2. The van der Waals surface area contributed by atoms with Crippen molar-refractivity contribution in [3.63, 3.8) is 0 Å². The molecule has 0 atom stereocenters. The van der Waals surface area contributed by atoms with Gasteiger partial charge in [-0.2, -0.15) is 0 Å². The number of sulfonamides is 1. The number of benzene rings is 2. The molecule has 0 bridgehead atoms. The highest BCUT2D eigenvalue weighted by molar-refractivity contribution is 7.92. The van der Waals surface area contributed by atoms with Crippen LogP contribution in [0.3, 0.4) is 0 Å². The van der Waals surface area contributed by atoms with E-state index in [2.05, 4.69) is 4.72 Å². The first-order chi connectivity index (χ1) is 13.8. The average Bonchev–Trinajstić information content (AvgIpc) is 2.69. The van der Waals surface area contributed by atoms with E-state index in [0.717, 1.165) is 5.56 Å². The molecule has 0 aromatic heterocycles. The van der Waals surface area contributed by atoms with E-state index in [1.807, 2.05) is 24.0 Å². The number of hydrogen-bond acceptors (Lipinski definition) is 6. The summed E-state index contributed by atoms with van der Waals surface area (Å²) in [5.41, 5.74) is 2.22. The van der Waals surface area contributed by atoms with Crippen LogP contribution in [0.2, 0.25) is 0 Å². The molecule has 156 valence electrons. The van der Waals surface area contributed by atoms with Crippen LogP contribution >= 0.6 is 0 Å². The van der Waals surface area contributed by atoms with Crippen LogP contribution in [0.15, 0.2) is 47.4 Å². The lowest BCUT2D eigenvalue weighted by molar-refractivity contribution is 0.0377. The van der Waals surface area contributed by atoms with Gasteiger partial charge in [0, 0.05) is 18.8 Å². The van der Waals surface area contributed by atoms with Crippen molar-refractivity contribution in [2.45, 2.75) is 31.8 Å². The Kier molecular flexibility index (Phi) is 6.44. The largest absolute Gasteiger partial charge is 0.459 e. The fraction of sp³-hybridized carbons (Fsp3) is 0.381. The number of carbonyl (C=O) groups is 1. The maximum absolute atomic E-state index is 13.2. The molecule has 2 aromatic carbocycles. The van der Waals surface area contributed by atoms with Gasteiger partial charge in [-0.15, -0.1) is 0 Å². The molecule has 29 heavy (non-hydrogen) atoms. The van der Waals surface area contributed by atoms with Crippen molar-refractivity contribution >= 4 is 27.4 Å². The first-order valence-electron chi connectivity index (χ1n) is 9.53. The van der Waals surface area contributed by atoms with Gasteiger partial charge < -0.3 is 14.4 Å². The summed E-state index contributed by atoms with van der Waals surface area (Å²) >= 11 is 0. The first-order valence-corrected chi connectivity index (χ1v) is 11.0. The van der Waals surface area contributed by atoms with E-state index in [1.54, 1.807) is 38.1 Å². The molecule has 0 spiro atoms. The van der Waals surface area contributed by atoms with Crippen molar-refractivity contribution in [3.05, 3.63) is 53.6 Å². The van der Waals surface area contributed by atoms with Crippen LogP contribution in [0.1, 0.15) is 29.8 Å². The van der Waals surface area contributed by atoms with E-state index in [9.17, 15) is 13.2 Å². The van der Waals surface area contributed by atoms with Gasteiger partial charge in [-0.1, -0.05) is 17.7 Å². The fourth-order valence-electron chi connectivity index (χ4n) is 3.04. The SMILES string of the molecule is Cc1ccc(NS(=O)(=O)c2cc(C(=O)OC(C)C)ccc2N2CCOCC2)cc1. The zero-order valence-electron chi connectivity index (χ0n) is 16.8. The van der Waals surface area contributed by atoms with Gasteiger partial charge in [-0.3, -0.25) is 4.72 Å². The summed E-state index contributed by atoms with van der Waals surface area (Å²) in [4.78, 5) is 14.3. The van der Waals surface area contributed by atoms with Crippen LogP contribution in [0, 0.1) is 6.92 Å². The highest BCUT2D eigenvalue weighted by Crippen LogP contribution is 2.29. The van der Waals surface area contributed by atoms with Crippen LogP contribution in [0.25, 0.3) is 0 Å². The number of ether oxygens (including phenoxy) is 2. The summed E-state index contributed by atoms with van der Waals surface area (Å²) in [7, 11) is -3.93. The molecule has 1 saturated heterocycles. The van der Waals surface area contributed by atoms with Gasteiger partial charge >= 0.3 is 5.97 Å². The summed E-state index contributed by atoms with van der Waals surface area (Å²) < 4.78 is 39.7. The van der Waals surface area contributed by atoms with Gasteiger partial charge in [0.2, 0.25) is 0 Å². The monoisotopic (exact) mass is 418 g/mol. The molecular weight excluding hydrogens is 392 g/mol. The molecule has 0 saturated carbocycles. The van der Waals surface area contributed by atoms with E-state index in [4.69, 9.17) is 9.47 Å². The molecule has 3 rings (SSSR count). The Morgan fingerprint density at radius 2 is 1.76 bits per heavy atom. The van der Waals surface area contributed by atoms with Crippen LogP contribution in [0.5, 0.6) is 0 Å². The Balaban J connectivity index is 2.01. The minimum Gasteiger partial charge on any atom is -0.459 e. The molecule has 0 radical (unpaired) electrons. The number of carbonyl (C=O) groups excluding carboxylic acids is 1. The number of anilines is 2. The number of nitrogens with one attached hydrogen (secondary N) is 1. The third-order valence-electron chi connectivity index (χ3n) is 4.48. The van der Waals surface area contributed by atoms with Gasteiger partial charge in [0.05, 0.1) is 30.6 Å². The molecule has 1 N–H and O–H groups in total. The number of nitrogens with zero attached hydrogens (tertiary/aromatic N) is 1. The lowest BCUT2D eigenvalue weighted by Crippen LogP contribution is -2.37. The third-order valence-corrected chi connectivity index (χ3v) is 5.89. The molecular formula is C21H26N2O5S. The number of aryl methyl sites for hydroxylation is 1. The standard InChI is InChI=1S/C21H26N2O5S/c1-15(2)28-21(24)17-6-9-19(23-10-12-27-13-11-23)20(14-17)29(25,26)22-18-7-4-16(3)5-8-18/h4-9,14-15,22H,10-13H2,1-3H3. The quantitative estimate of drug-likeness (QED) is 0.725. The maximum Gasteiger partial charge on any atom is 0.338 e. The van der Waals surface area contributed by atoms with Crippen molar-refractivity contribution in [1.82, 2.24) is 0 Å². The molecule has 1 heterocycles. The van der Waals surface area contributed by atoms with Gasteiger partial charge in [0.15, 0.2) is 0 Å². The third kappa shape index (κ3) is 5.27. The van der Waals surface area contributed by atoms with Crippen molar-refractivity contribution in [3.8, 4) is 0 Å². The molecule has 0 aliphatic carbocycles. The Morgan fingerprint density at radius 3 is 2.38 bits per heavy atom. The molecule has 0 unspecified atom stereocenters. The lowest BCUT2D eigenvalue weighted by Gasteiger charge is -2.30. The summed E-state index contributed by atoms with van der Waals surface area (Å²) in [5, 5.41) is 0. The van der Waals surface area contributed by atoms with E-state index >= 15 is 0 Å². The number of rotatable bonds is 6. The van der Waals surface area contributed by atoms with Crippen molar-refractivity contribution < 1.29 is 22.7 Å². The number of esters is 1. The van der Waals surface area contributed by atoms with Crippen LogP contribution < -0.4 is 9.62 Å². The van der Waals surface area contributed by atoms with E-state index in [-0.39, 0.29) is 16.6 Å². The highest BCUT2D eigenvalue weighted by atomic mass is 32.2. The normalized spacial score (nSPS) is 14.7. The maximum atomic E-state index is 13.2. The van der Waals surface area contributed by atoms with Crippen LogP contribution in [0.4, 0.5) is 11.4 Å². The van der Waals surface area contributed by atoms with Gasteiger partial charge in [0.25, 0.3) is 10.0 Å². The average molecular weight is 419 g/mol. The Hall–Kier alpha value is -2.58. The number of hydrogen-bond donors (Lipinski definition) is 1. The predicted octanol–water partition coefficient (Wildman–Crippen LogP) is 3.20. The summed E-state index contributed by atoms with van der Waals surface area (Å²) in [6.07, 6.45) is -0.299. The highest BCUT2D eigenvalue weighted by Gasteiger charge is 2.25. The van der Waals surface area contributed by atoms with Gasteiger partial charge in [-0.05, 0) is 51.1 Å². The second-order valence-corrected chi connectivity index (χ2v) is 8.86. The summed E-state index contributed by atoms with van der Waals surface area (Å²) in [6.45, 7) is 7.60. The smallest absolute Gasteiger partial charge is 0.338 e. The minimum absolute atomic E-state index is 0.0400. The zero-order chi connectivity index (χ0) is 21.0. The molecule has 0 amide bonds. The second kappa shape index (κ2) is 8.84. The van der Waals surface area contributed by atoms with Crippen LogP contribution in [-0.2, 0) is 19.5 Å². The fourth-order valence-corrected chi connectivity index (χ4v) is 4.35. The molecule has 2 aromatic rings. The first kappa shape index (κ1) is 21.1. The van der Waals surface area contributed by atoms with Crippen molar-refractivity contribution in [1.29, 1.82) is 0 Å². The summed E-state index contributed by atoms with van der Waals surface area (Å²) in [5.74, 6) is -0.555. The molecule has 1 aliphatic rings. The summed E-state index contributed by atoms with van der Waals surface area (Å²) in [6, 6.07) is 11.7. The van der Waals surface area contributed by atoms with Gasteiger partial charge in [0.1, 0.15) is 4.90 Å². The minimum atomic E-state index is -3.93. The van der Waals surface area contributed by atoms with Crippen molar-refractivity contribution in [2.24, 2.45) is 0 Å². The van der Waals surface area contributed by atoms with E-state index < -0.39 is 16.0 Å². The van der Waals surface area contributed by atoms with Gasteiger partial charge in [-0.25, -0.2) is 13.2 Å². The van der Waals surface area contributed by atoms with E-state index in [0.29, 0.717) is 37.7 Å². The number of morpholine rings is 1. The molecule has 1 aliphatic heterocycles. The second-order valence-electron chi connectivity index (χ2n) is 7.21.